The van der Waals surface area contributed by atoms with E-state index >= 15 is 0 Å². The number of hydrogen-bond acceptors (Lipinski definition) is 2. The van der Waals surface area contributed by atoms with Gasteiger partial charge >= 0.3 is 5.97 Å². The van der Waals surface area contributed by atoms with E-state index < -0.39 is 11.5 Å². The number of carbonyl (C=O) groups is 2. The SMILES string of the molecule is O=C(NC1(C(=O)O)CCCCC1)c1cccc2c1CCC2. The number of carboxylic acids is 1. The molecule has 4 nitrogen and oxygen atoms in total. The van der Waals surface area contributed by atoms with Gasteiger partial charge in [0.25, 0.3) is 5.91 Å². The first kappa shape index (κ1) is 14.1. The lowest BCUT2D eigenvalue weighted by Gasteiger charge is -2.34. The van der Waals surface area contributed by atoms with Crippen LogP contribution in [0.25, 0.3) is 0 Å². The third-order valence-electron chi connectivity index (χ3n) is 4.86. The summed E-state index contributed by atoms with van der Waals surface area (Å²) in [5.41, 5.74) is 1.93. The van der Waals surface area contributed by atoms with Crippen molar-refractivity contribution in [3.8, 4) is 0 Å². The molecule has 0 atom stereocenters. The quantitative estimate of drug-likeness (QED) is 0.898. The highest BCUT2D eigenvalue weighted by atomic mass is 16.4. The van der Waals surface area contributed by atoms with E-state index in [4.69, 9.17) is 0 Å². The van der Waals surface area contributed by atoms with Gasteiger partial charge in [0.1, 0.15) is 5.54 Å². The van der Waals surface area contributed by atoms with Crippen molar-refractivity contribution in [2.45, 2.75) is 56.9 Å². The molecular weight excluding hydrogens is 266 g/mol. The predicted octanol–water partition coefficient (Wildman–Crippen LogP) is 2.69. The highest BCUT2D eigenvalue weighted by Gasteiger charge is 2.41. The average Bonchev–Trinajstić information content (AvgIpc) is 2.96. The fourth-order valence-corrected chi connectivity index (χ4v) is 3.66. The number of fused-ring (bicyclic) bond motifs is 1. The molecule has 0 aliphatic heterocycles. The van der Waals surface area contributed by atoms with Crippen LogP contribution in [0.15, 0.2) is 18.2 Å². The number of hydrogen-bond donors (Lipinski definition) is 2. The molecule has 3 rings (SSSR count). The van der Waals surface area contributed by atoms with Crippen molar-refractivity contribution in [2.24, 2.45) is 0 Å². The number of nitrogens with one attached hydrogen (secondary N) is 1. The molecule has 1 saturated carbocycles. The normalized spacial score (nSPS) is 19.8. The molecule has 112 valence electrons. The Morgan fingerprint density at radius 1 is 1.05 bits per heavy atom. The van der Waals surface area contributed by atoms with E-state index in [1.165, 1.54) is 5.56 Å². The van der Waals surface area contributed by atoms with Crippen molar-refractivity contribution in [1.82, 2.24) is 5.32 Å². The average molecular weight is 287 g/mol. The summed E-state index contributed by atoms with van der Waals surface area (Å²) in [5.74, 6) is -1.12. The molecule has 1 aromatic carbocycles. The summed E-state index contributed by atoms with van der Waals surface area (Å²) in [6.45, 7) is 0. The fraction of sp³-hybridized carbons (Fsp3) is 0.529. The van der Waals surface area contributed by atoms with E-state index in [-0.39, 0.29) is 5.91 Å². The van der Waals surface area contributed by atoms with Gasteiger partial charge < -0.3 is 10.4 Å². The Morgan fingerprint density at radius 3 is 2.52 bits per heavy atom. The first-order valence-corrected chi connectivity index (χ1v) is 7.79. The Labute approximate surface area is 124 Å². The smallest absolute Gasteiger partial charge is 0.329 e. The fourth-order valence-electron chi connectivity index (χ4n) is 3.66. The lowest BCUT2D eigenvalue weighted by Crippen LogP contribution is -2.55. The summed E-state index contributed by atoms with van der Waals surface area (Å²) in [6.07, 6.45) is 6.83. The van der Waals surface area contributed by atoms with Crippen LogP contribution in [0.4, 0.5) is 0 Å². The van der Waals surface area contributed by atoms with E-state index in [1.54, 1.807) is 0 Å². The predicted molar refractivity (Wildman–Crippen MR) is 79.4 cm³/mol. The van der Waals surface area contributed by atoms with E-state index in [2.05, 4.69) is 11.4 Å². The summed E-state index contributed by atoms with van der Waals surface area (Å²) in [5, 5.41) is 12.4. The molecule has 1 aromatic rings. The summed E-state index contributed by atoms with van der Waals surface area (Å²) in [4.78, 5) is 24.3. The number of rotatable bonds is 3. The molecule has 0 heterocycles. The van der Waals surface area contributed by atoms with Gasteiger partial charge in [-0.05, 0) is 49.3 Å². The van der Waals surface area contributed by atoms with Gasteiger partial charge in [-0.25, -0.2) is 4.79 Å². The van der Waals surface area contributed by atoms with Crippen molar-refractivity contribution in [3.63, 3.8) is 0 Å². The molecule has 0 saturated heterocycles. The molecule has 0 spiro atoms. The highest BCUT2D eigenvalue weighted by Crippen LogP contribution is 2.30. The van der Waals surface area contributed by atoms with Crippen LogP contribution in [0.1, 0.15) is 60.0 Å². The van der Waals surface area contributed by atoms with E-state index in [1.807, 2.05) is 12.1 Å². The first-order chi connectivity index (χ1) is 10.1. The van der Waals surface area contributed by atoms with Gasteiger partial charge in [0, 0.05) is 5.56 Å². The highest BCUT2D eigenvalue weighted by molar-refractivity contribution is 5.99. The van der Waals surface area contributed by atoms with Crippen LogP contribution in [-0.4, -0.2) is 22.5 Å². The van der Waals surface area contributed by atoms with Gasteiger partial charge in [-0.15, -0.1) is 0 Å². The Kier molecular flexibility index (Phi) is 3.70. The minimum Gasteiger partial charge on any atom is -0.480 e. The number of aliphatic carboxylic acids is 1. The molecule has 1 fully saturated rings. The lowest BCUT2D eigenvalue weighted by molar-refractivity contribution is -0.145. The van der Waals surface area contributed by atoms with Crippen molar-refractivity contribution in [3.05, 3.63) is 34.9 Å². The first-order valence-electron chi connectivity index (χ1n) is 7.79. The summed E-state index contributed by atoms with van der Waals surface area (Å²) in [7, 11) is 0. The van der Waals surface area contributed by atoms with Crippen LogP contribution < -0.4 is 5.32 Å². The molecule has 0 bridgehead atoms. The van der Waals surface area contributed by atoms with E-state index in [9.17, 15) is 14.7 Å². The van der Waals surface area contributed by atoms with Crippen LogP contribution in [0.3, 0.4) is 0 Å². The third kappa shape index (κ3) is 2.55. The van der Waals surface area contributed by atoms with Gasteiger partial charge in [-0.3, -0.25) is 4.79 Å². The molecule has 4 heteroatoms. The van der Waals surface area contributed by atoms with Gasteiger partial charge in [0.05, 0.1) is 0 Å². The zero-order valence-electron chi connectivity index (χ0n) is 12.2. The molecule has 2 aliphatic rings. The maximum atomic E-state index is 12.6. The second-order valence-corrected chi connectivity index (χ2v) is 6.20. The third-order valence-corrected chi connectivity index (χ3v) is 4.86. The zero-order chi connectivity index (χ0) is 14.9. The number of benzene rings is 1. The topological polar surface area (TPSA) is 66.4 Å². The standard InChI is InChI=1S/C17H21NO3/c19-15(14-9-5-7-12-6-4-8-13(12)14)18-17(16(20)21)10-2-1-3-11-17/h5,7,9H,1-4,6,8,10-11H2,(H,18,19)(H,20,21). The number of amides is 1. The van der Waals surface area contributed by atoms with Crippen molar-refractivity contribution in [1.29, 1.82) is 0 Å². The van der Waals surface area contributed by atoms with Gasteiger partial charge in [0.15, 0.2) is 0 Å². The minimum absolute atomic E-state index is 0.224. The van der Waals surface area contributed by atoms with Crippen LogP contribution in [0, 0.1) is 0 Å². The Bertz CT molecular complexity index is 573. The second-order valence-electron chi connectivity index (χ2n) is 6.20. The van der Waals surface area contributed by atoms with Crippen LogP contribution in [0.5, 0.6) is 0 Å². The Hall–Kier alpha value is -1.84. The zero-order valence-corrected chi connectivity index (χ0v) is 12.2. The number of carboxylic acid groups (broad SMARTS) is 1. The maximum Gasteiger partial charge on any atom is 0.329 e. The lowest BCUT2D eigenvalue weighted by atomic mass is 9.81. The molecule has 0 radical (unpaired) electrons. The monoisotopic (exact) mass is 287 g/mol. The minimum atomic E-state index is -1.07. The Balaban J connectivity index is 1.85. The summed E-state index contributed by atoms with van der Waals surface area (Å²) < 4.78 is 0. The van der Waals surface area contributed by atoms with Crippen LogP contribution in [-0.2, 0) is 17.6 Å². The molecular formula is C17H21NO3. The number of aryl methyl sites for hydroxylation is 1. The van der Waals surface area contributed by atoms with Crippen molar-refractivity contribution in [2.75, 3.05) is 0 Å². The van der Waals surface area contributed by atoms with E-state index in [0.29, 0.717) is 18.4 Å². The van der Waals surface area contributed by atoms with Gasteiger partial charge in [0.2, 0.25) is 0 Å². The molecule has 0 aromatic heterocycles. The molecule has 0 unspecified atom stereocenters. The number of carbonyl (C=O) groups excluding carboxylic acids is 1. The molecule has 2 aliphatic carbocycles. The summed E-state index contributed by atoms with van der Waals surface area (Å²) in [6, 6.07) is 5.78. The van der Waals surface area contributed by atoms with Crippen LogP contribution in [0.2, 0.25) is 0 Å². The summed E-state index contributed by atoms with van der Waals surface area (Å²) >= 11 is 0. The van der Waals surface area contributed by atoms with Crippen LogP contribution >= 0.6 is 0 Å². The second kappa shape index (κ2) is 5.51. The molecule has 2 N–H and O–H groups in total. The molecule has 1 amide bonds. The van der Waals surface area contributed by atoms with Crippen molar-refractivity contribution < 1.29 is 14.7 Å². The van der Waals surface area contributed by atoms with Gasteiger partial charge in [-0.1, -0.05) is 31.4 Å². The largest absolute Gasteiger partial charge is 0.480 e. The molecule has 21 heavy (non-hydrogen) atoms. The maximum absolute atomic E-state index is 12.6. The van der Waals surface area contributed by atoms with Crippen molar-refractivity contribution >= 4 is 11.9 Å². The van der Waals surface area contributed by atoms with Gasteiger partial charge in [-0.2, -0.15) is 0 Å². The Morgan fingerprint density at radius 2 is 1.81 bits per heavy atom. The van der Waals surface area contributed by atoms with E-state index in [0.717, 1.165) is 44.1 Å².